The molecule has 39 heavy (non-hydrogen) atoms. The van der Waals surface area contributed by atoms with E-state index in [2.05, 4.69) is 21.2 Å². The van der Waals surface area contributed by atoms with Gasteiger partial charge in [0.25, 0.3) is 0 Å². The van der Waals surface area contributed by atoms with Crippen molar-refractivity contribution < 1.29 is 23.7 Å². The fourth-order valence-corrected chi connectivity index (χ4v) is 5.23. The summed E-state index contributed by atoms with van der Waals surface area (Å²) < 4.78 is 23.4. The third-order valence-electron chi connectivity index (χ3n) is 7.27. The molecule has 2 aromatic carbocycles. The lowest BCUT2D eigenvalue weighted by Gasteiger charge is -2.41. The summed E-state index contributed by atoms with van der Waals surface area (Å²) in [5, 5.41) is 12.6. The third-order valence-corrected chi connectivity index (χ3v) is 7.27. The second kappa shape index (κ2) is 12.1. The van der Waals surface area contributed by atoms with Crippen molar-refractivity contribution in [2.75, 3.05) is 63.8 Å². The number of piperidine rings is 1. The van der Waals surface area contributed by atoms with Crippen LogP contribution in [0.5, 0.6) is 17.2 Å². The fourth-order valence-electron chi connectivity index (χ4n) is 5.23. The molecule has 5 rings (SSSR count). The standard InChI is InChI=1S/C29H33N5O5/c1-36-27-6-4-24(18-28(27)37-2)34-12-9-25(20-34)39-29(35)31-22-3-5-26(21(17-22)19-30)33-10-7-23(8-11-33)32-13-15-38-16-14-32/h3-6,9,12,17-18,20,23H,7-8,10-11,13-16H2,1-2H3,(H,31,35). The number of methoxy groups -OCH3 is 2. The van der Waals surface area contributed by atoms with Gasteiger partial charge < -0.3 is 28.4 Å². The molecular formula is C29H33N5O5. The van der Waals surface area contributed by atoms with Crippen molar-refractivity contribution in [3.8, 4) is 29.0 Å². The number of rotatable bonds is 7. The van der Waals surface area contributed by atoms with Crippen LogP contribution >= 0.6 is 0 Å². The first-order valence-electron chi connectivity index (χ1n) is 13.1. The van der Waals surface area contributed by atoms with E-state index in [0.29, 0.717) is 34.5 Å². The smallest absolute Gasteiger partial charge is 0.417 e. The van der Waals surface area contributed by atoms with Gasteiger partial charge in [0, 0.05) is 55.9 Å². The van der Waals surface area contributed by atoms with Gasteiger partial charge in [0.2, 0.25) is 0 Å². The molecule has 2 aliphatic rings. The number of nitrogens with one attached hydrogen (secondary N) is 1. The molecule has 0 radical (unpaired) electrons. The van der Waals surface area contributed by atoms with Crippen molar-refractivity contribution >= 4 is 17.5 Å². The maximum absolute atomic E-state index is 12.6. The highest BCUT2D eigenvalue weighted by Gasteiger charge is 2.27. The van der Waals surface area contributed by atoms with Crippen LogP contribution in [-0.4, -0.2) is 75.2 Å². The summed E-state index contributed by atoms with van der Waals surface area (Å²) in [7, 11) is 3.16. The van der Waals surface area contributed by atoms with E-state index in [-0.39, 0.29) is 0 Å². The Balaban J connectivity index is 1.19. The molecule has 2 fully saturated rings. The molecule has 1 amide bonds. The lowest BCUT2D eigenvalue weighted by molar-refractivity contribution is 0.0115. The largest absolute Gasteiger partial charge is 0.493 e. The van der Waals surface area contributed by atoms with Crippen molar-refractivity contribution in [2.24, 2.45) is 0 Å². The molecule has 204 valence electrons. The van der Waals surface area contributed by atoms with Crippen molar-refractivity contribution in [1.82, 2.24) is 9.47 Å². The minimum Gasteiger partial charge on any atom is -0.493 e. The first-order valence-corrected chi connectivity index (χ1v) is 13.1. The number of aromatic nitrogens is 1. The predicted molar refractivity (Wildman–Crippen MR) is 147 cm³/mol. The van der Waals surface area contributed by atoms with E-state index in [0.717, 1.165) is 63.6 Å². The lowest BCUT2D eigenvalue weighted by Crippen LogP contribution is -2.49. The highest BCUT2D eigenvalue weighted by molar-refractivity contribution is 5.87. The SMILES string of the molecule is COc1ccc(-n2ccc(OC(=O)Nc3ccc(N4CCC(N5CCOCC5)CC4)c(C#N)c3)c2)cc1OC. The molecule has 0 bridgehead atoms. The van der Waals surface area contributed by atoms with Crippen molar-refractivity contribution in [3.63, 3.8) is 0 Å². The highest BCUT2D eigenvalue weighted by atomic mass is 16.6. The van der Waals surface area contributed by atoms with Crippen LogP contribution in [0.25, 0.3) is 5.69 Å². The van der Waals surface area contributed by atoms with Gasteiger partial charge in [-0.25, -0.2) is 4.79 Å². The number of hydrogen-bond donors (Lipinski definition) is 1. The first kappa shape index (κ1) is 26.4. The summed E-state index contributed by atoms with van der Waals surface area (Å²) in [6, 6.07) is 15.5. The summed E-state index contributed by atoms with van der Waals surface area (Å²) in [4.78, 5) is 17.4. The van der Waals surface area contributed by atoms with Gasteiger partial charge in [-0.2, -0.15) is 5.26 Å². The molecule has 1 aromatic heterocycles. The Hall–Kier alpha value is -4.20. The molecule has 3 aromatic rings. The van der Waals surface area contributed by atoms with Crippen LogP contribution < -0.4 is 24.4 Å². The van der Waals surface area contributed by atoms with E-state index in [1.54, 1.807) is 44.8 Å². The number of benzene rings is 2. The van der Waals surface area contributed by atoms with Gasteiger partial charge in [0.15, 0.2) is 17.2 Å². The van der Waals surface area contributed by atoms with Gasteiger partial charge in [0.05, 0.1) is 44.9 Å². The number of morpholine rings is 1. The van der Waals surface area contributed by atoms with E-state index in [4.69, 9.17) is 18.9 Å². The van der Waals surface area contributed by atoms with Crippen LogP contribution in [-0.2, 0) is 4.74 Å². The maximum atomic E-state index is 12.6. The Morgan fingerprint density at radius 1 is 1.00 bits per heavy atom. The molecule has 2 aliphatic heterocycles. The zero-order chi connectivity index (χ0) is 27.2. The normalized spacial score (nSPS) is 16.4. The Morgan fingerprint density at radius 2 is 1.77 bits per heavy atom. The topological polar surface area (TPSA) is 101 Å². The Kier molecular flexibility index (Phi) is 8.20. The minimum absolute atomic E-state index is 0.377. The zero-order valence-electron chi connectivity index (χ0n) is 22.3. The van der Waals surface area contributed by atoms with E-state index < -0.39 is 6.09 Å². The predicted octanol–water partition coefficient (Wildman–Crippen LogP) is 4.28. The molecule has 10 heteroatoms. The van der Waals surface area contributed by atoms with Gasteiger partial charge >= 0.3 is 6.09 Å². The number of nitriles is 1. The summed E-state index contributed by atoms with van der Waals surface area (Å²) in [6.07, 6.45) is 4.96. The Bertz CT molecular complexity index is 1340. The molecule has 0 saturated carbocycles. The summed E-state index contributed by atoms with van der Waals surface area (Å²) >= 11 is 0. The third kappa shape index (κ3) is 6.11. The van der Waals surface area contributed by atoms with Gasteiger partial charge in [-0.1, -0.05) is 0 Å². The summed E-state index contributed by atoms with van der Waals surface area (Å²) in [6.45, 7) is 5.38. The average molecular weight is 532 g/mol. The van der Waals surface area contributed by atoms with Crippen molar-refractivity contribution in [2.45, 2.75) is 18.9 Å². The van der Waals surface area contributed by atoms with Crippen LogP contribution in [0.2, 0.25) is 0 Å². The molecule has 1 N–H and O–H groups in total. The lowest BCUT2D eigenvalue weighted by atomic mass is 10.0. The van der Waals surface area contributed by atoms with Crippen LogP contribution in [0.15, 0.2) is 54.9 Å². The molecule has 3 heterocycles. The Labute approximate surface area is 228 Å². The molecule has 0 unspecified atom stereocenters. The zero-order valence-corrected chi connectivity index (χ0v) is 22.3. The van der Waals surface area contributed by atoms with E-state index in [1.165, 1.54) is 0 Å². The molecule has 0 aliphatic carbocycles. The van der Waals surface area contributed by atoms with Gasteiger partial charge in [-0.15, -0.1) is 0 Å². The second-order valence-electron chi connectivity index (χ2n) is 9.52. The van der Waals surface area contributed by atoms with E-state index in [9.17, 15) is 10.1 Å². The quantitative estimate of drug-likeness (QED) is 0.482. The van der Waals surface area contributed by atoms with Gasteiger partial charge in [-0.05, 0) is 49.2 Å². The van der Waals surface area contributed by atoms with Crippen LogP contribution in [0.1, 0.15) is 18.4 Å². The van der Waals surface area contributed by atoms with Gasteiger partial charge in [-0.3, -0.25) is 10.2 Å². The van der Waals surface area contributed by atoms with Crippen LogP contribution in [0, 0.1) is 11.3 Å². The molecule has 0 spiro atoms. The van der Waals surface area contributed by atoms with Gasteiger partial charge in [0.1, 0.15) is 6.07 Å². The van der Waals surface area contributed by atoms with E-state index in [1.807, 2.05) is 28.8 Å². The molecule has 0 atom stereocenters. The molecule has 2 saturated heterocycles. The number of carbonyl (C=O) groups excluding carboxylic acids is 1. The summed E-state index contributed by atoms with van der Waals surface area (Å²) in [5.74, 6) is 1.61. The van der Waals surface area contributed by atoms with Crippen LogP contribution in [0.4, 0.5) is 16.2 Å². The average Bonchev–Trinajstić information content (AvgIpc) is 3.45. The monoisotopic (exact) mass is 531 g/mol. The number of hydrogen-bond acceptors (Lipinski definition) is 8. The summed E-state index contributed by atoms with van der Waals surface area (Å²) in [5.41, 5.74) is 2.75. The number of anilines is 2. The molecular weight excluding hydrogens is 498 g/mol. The Morgan fingerprint density at radius 3 is 2.49 bits per heavy atom. The fraction of sp³-hybridized carbons (Fsp3) is 0.379. The first-order chi connectivity index (χ1) is 19.1. The van der Waals surface area contributed by atoms with Crippen LogP contribution in [0.3, 0.4) is 0 Å². The number of amides is 1. The highest BCUT2D eigenvalue weighted by Crippen LogP contribution is 2.31. The number of carbonyl (C=O) groups is 1. The van der Waals surface area contributed by atoms with E-state index >= 15 is 0 Å². The molecule has 10 nitrogen and oxygen atoms in total. The number of ether oxygens (including phenoxy) is 4. The minimum atomic E-state index is -0.636. The van der Waals surface area contributed by atoms with Crippen molar-refractivity contribution in [3.05, 3.63) is 60.4 Å². The maximum Gasteiger partial charge on any atom is 0.417 e. The number of nitrogens with zero attached hydrogens (tertiary/aromatic N) is 4. The second-order valence-corrected chi connectivity index (χ2v) is 9.52. The van der Waals surface area contributed by atoms with Crippen molar-refractivity contribution in [1.29, 1.82) is 5.26 Å².